The Bertz CT molecular complexity index is 576. The Morgan fingerprint density at radius 3 is 2.24 bits per heavy atom. The van der Waals surface area contributed by atoms with Crippen LogP contribution in [-0.4, -0.2) is 43.1 Å². The topological polar surface area (TPSA) is 63.7 Å². The fourth-order valence-electron chi connectivity index (χ4n) is 1.54. The minimum Gasteiger partial charge on any atom is -0.460 e. The first-order valence-electron chi connectivity index (χ1n) is 6.26. The number of Topliss-reactive ketones (excluding diaryl/α,β-unsaturated/α-hetero) is 2. The van der Waals surface area contributed by atoms with Gasteiger partial charge >= 0.3 is 5.97 Å². The summed E-state index contributed by atoms with van der Waals surface area (Å²) in [5, 5.41) is 0. The summed E-state index contributed by atoms with van der Waals surface area (Å²) < 4.78 is 17.5. The Balaban J connectivity index is 3.14. The van der Waals surface area contributed by atoms with Crippen LogP contribution in [0.15, 0.2) is 36.0 Å². The molecule has 5 nitrogen and oxygen atoms in total. The summed E-state index contributed by atoms with van der Waals surface area (Å²) in [5.74, 6) is -3.29. The van der Waals surface area contributed by atoms with E-state index in [0.717, 1.165) is 12.1 Å². The fraction of sp³-hybridized carbons (Fsp3) is 0.267. The third kappa shape index (κ3) is 4.52. The van der Waals surface area contributed by atoms with Gasteiger partial charge in [0, 0.05) is 25.9 Å². The van der Waals surface area contributed by atoms with Gasteiger partial charge in [-0.1, -0.05) is 0 Å². The first-order chi connectivity index (χ1) is 9.86. The third-order valence-electron chi connectivity index (χ3n) is 2.44. The van der Waals surface area contributed by atoms with E-state index in [1.807, 2.05) is 0 Å². The molecule has 0 saturated carbocycles. The molecule has 0 heterocycles. The van der Waals surface area contributed by atoms with E-state index in [9.17, 15) is 18.8 Å². The van der Waals surface area contributed by atoms with Crippen molar-refractivity contribution in [1.29, 1.82) is 0 Å². The van der Waals surface area contributed by atoms with E-state index in [1.165, 1.54) is 23.2 Å². The molecule has 112 valence electrons. The minimum absolute atomic E-state index is 0.0323. The van der Waals surface area contributed by atoms with Gasteiger partial charge in [-0.05, 0) is 31.2 Å². The summed E-state index contributed by atoms with van der Waals surface area (Å²) >= 11 is 0. The smallest absolute Gasteiger partial charge is 0.379 e. The number of nitrogens with zero attached hydrogens (tertiary/aromatic N) is 1. The summed E-state index contributed by atoms with van der Waals surface area (Å²) in [4.78, 5) is 37.3. The zero-order chi connectivity index (χ0) is 16.0. The van der Waals surface area contributed by atoms with Crippen LogP contribution in [-0.2, 0) is 14.3 Å². The van der Waals surface area contributed by atoms with E-state index in [4.69, 9.17) is 0 Å². The number of carbonyl (C=O) groups is 3. The molecular formula is C15H16FNO4. The molecule has 0 aliphatic heterocycles. The molecule has 0 aliphatic carbocycles. The second-order valence-electron chi connectivity index (χ2n) is 4.39. The van der Waals surface area contributed by atoms with E-state index >= 15 is 0 Å². The average molecular weight is 293 g/mol. The lowest BCUT2D eigenvalue weighted by molar-refractivity contribution is -0.151. The quantitative estimate of drug-likeness (QED) is 0.199. The summed E-state index contributed by atoms with van der Waals surface area (Å²) in [6.07, 6.45) is 1.24. The number of benzene rings is 1. The number of esters is 1. The van der Waals surface area contributed by atoms with Crippen LogP contribution < -0.4 is 0 Å². The molecule has 0 saturated heterocycles. The van der Waals surface area contributed by atoms with Crippen molar-refractivity contribution in [3.05, 3.63) is 47.4 Å². The van der Waals surface area contributed by atoms with E-state index in [0.29, 0.717) is 0 Å². The van der Waals surface area contributed by atoms with Gasteiger partial charge in [-0.15, -0.1) is 0 Å². The molecule has 21 heavy (non-hydrogen) atoms. The van der Waals surface area contributed by atoms with Crippen LogP contribution in [0.1, 0.15) is 17.3 Å². The summed E-state index contributed by atoms with van der Waals surface area (Å²) in [7, 11) is 3.22. The highest BCUT2D eigenvalue weighted by molar-refractivity contribution is 6.48. The molecule has 1 aromatic carbocycles. The average Bonchev–Trinajstić information content (AvgIpc) is 2.44. The molecule has 0 fully saturated rings. The maximum atomic E-state index is 12.9. The molecule has 0 radical (unpaired) electrons. The summed E-state index contributed by atoms with van der Waals surface area (Å²) in [6.45, 7) is 1.59. The largest absolute Gasteiger partial charge is 0.460 e. The summed E-state index contributed by atoms with van der Waals surface area (Å²) in [5.41, 5.74) is -0.216. The Hall–Kier alpha value is -2.50. The number of ketones is 2. The lowest BCUT2D eigenvalue weighted by Crippen LogP contribution is -2.25. The fourth-order valence-corrected chi connectivity index (χ4v) is 1.54. The van der Waals surface area contributed by atoms with Crippen LogP contribution in [0.4, 0.5) is 4.39 Å². The SMILES string of the molecule is CCOC(=O)C(=O)/C(=C\N(C)C)C(=O)c1ccc(F)cc1. The number of hydrogen-bond acceptors (Lipinski definition) is 5. The minimum atomic E-state index is -1.10. The maximum absolute atomic E-state index is 12.9. The Kier molecular flexibility index (Phi) is 5.78. The molecular weight excluding hydrogens is 277 g/mol. The van der Waals surface area contributed by atoms with Gasteiger partial charge < -0.3 is 9.64 Å². The van der Waals surface area contributed by atoms with Crippen molar-refractivity contribution in [1.82, 2.24) is 4.90 Å². The monoisotopic (exact) mass is 293 g/mol. The Labute approximate surface area is 122 Å². The molecule has 0 atom stereocenters. The maximum Gasteiger partial charge on any atom is 0.379 e. The highest BCUT2D eigenvalue weighted by Gasteiger charge is 2.27. The number of carbonyl (C=O) groups excluding carboxylic acids is 3. The van der Waals surface area contributed by atoms with E-state index in [-0.39, 0.29) is 17.7 Å². The molecule has 0 N–H and O–H groups in total. The van der Waals surface area contributed by atoms with Crippen molar-refractivity contribution in [3.8, 4) is 0 Å². The highest BCUT2D eigenvalue weighted by Crippen LogP contribution is 2.12. The van der Waals surface area contributed by atoms with E-state index in [1.54, 1.807) is 21.0 Å². The number of rotatable bonds is 6. The van der Waals surface area contributed by atoms with Crippen LogP contribution in [0.2, 0.25) is 0 Å². The van der Waals surface area contributed by atoms with Gasteiger partial charge in [0.25, 0.3) is 5.78 Å². The number of ether oxygens (including phenoxy) is 1. The van der Waals surface area contributed by atoms with Crippen molar-refractivity contribution in [2.45, 2.75) is 6.92 Å². The van der Waals surface area contributed by atoms with Gasteiger partial charge in [-0.3, -0.25) is 9.59 Å². The van der Waals surface area contributed by atoms with Crippen LogP contribution in [0.3, 0.4) is 0 Å². The molecule has 0 aliphatic rings. The van der Waals surface area contributed by atoms with E-state index in [2.05, 4.69) is 4.74 Å². The van der Waals surface area contributed by atoms with Crippen molar-refractivity contribution in [3.63, 3.8) is 0 Å². The first-order valence-corrected chi connectivity index (χ1v) is 6.26. The van der Waals surface area contributed by atoms with Crippen molar-refractivity contribution < 1.29 is 23.5 Å². The zero-order valence-electron chi connectivity index (χ0n) is 12.1. The van der Waals surface area contributed by atoms with Crippen LogP contribution >= 0.6 is 0 Å². The molecule has 1 aromatic rings. The predicted molar refractivity (Wildman–Crippen MR) is 74.1 cm³/mol. The number of halogens is 1. The molecule has 1 rings (SSSR count). The zero-order valence-corrected chi connectivity index (χ0v) is 12.1. The van der Waals surface area contributed by atoms with Gasteiger partial charge in [0.1, 0.15) is 5.82 Å². The molecule has 6 heteroatoms. The van der Waals surface area contributed by atoms with Gasteiger partial charge in [0.05, 0.1) is 12.2 Å². The standard InChI is InChI=1S/C15H16FNO4/c1-4-21-15(20)14(19)12(9-17(2)3)13(18)10-5-7-11(16)8-6-10/h5-9H,4H2,1-3H3/b12-9-. The lowest BCUT2D eigenvalue weighted by Gasteiger charge is -2.10. The molecule has 0 unspecified atom stereocenters. The normalized spacial score (nSPS) is 11.0. The van der Waals surface area contributed by atoms with E-state index < -0.39 is 23.4 Å². The molecule has 0 bridgehead atoms. The molecule has 0 amide bonds. The second kappa shape index (κ2) is 7.33. The van der Waals surface area contributed by atoms with Gasteiger partial charge in [-0.25, -0.2) is 9.18 Å². The van der Waals surface area contributed by atoms with Crippen LogP contribution in [0.25, 0.3) is 0 Å². The van der Waals surface area contributed by atoms with Crippen LogP contribution in [0.5, 0.6) is 0 Å². The van der Waals surface area contributed by atoms with Crippen molar-refractivity contribution in [2.75, 3.05) is 20.7 Å². The second-order valence-corrected chi connectivity index (χ2v) is 4.39. The van der Waals surface area contributed by atoms with Gasteiger partial charge in [-0.2, -0.15) is 0 Å². The Morgan fingerprint density at radius 2 is 1.76 bits per heavy atom. The highest BCUT2D eigenvalue weighted by atomic mass is 19.1. The third-order valence-corrected chi connectivity index (χ3v) is 2.44. The van der Waals surface area contributed by atoms with Gasteiger partial charge in [0.15, 0.2) is 5.78 Å². The lowest BCUT2D eigenvalue weighted by atomic mass is 10.0. The van der Waals surface area contributed by atoms with Gasteiger partial charge in [0.2, 0.25) is 0 Å². The Morgan fingerprint density at radius 1 is 1.19 bits per heavy atom. The summed E-state index contributed by atoms with van der Waals surface area (Å²) in [6, 6.07) is 4.71. The number of hydrogen-bond donors (Lipinski definition) is 0. The predicted octanol–water partition coefficient (Wildman–Crippen LogP) is 1.59. The molecule has 0 aromatic heterocycles. The van der Waals surface area contributed by atoms with Crippen molar-refractivity contribution in [2.24, 2.45) is 0 Å². The molecule has 0 spiro atoms. The first kappa shape index (κ1) is 16.6. The van der Waals surface area contributed by atoms with Crippen molar-refractivity contribution >= 4 is 17.5 Å². The van der Waals surface area contributed by atoms with Crippen LogP contribution in [0, 0.1) is 5.82 Å².